The van der Waals surface area contributed by atoms with E-state index in [1.165, 1.54) is 0 Å². The molecule has 0 spiro atoms. The molecule has 0 atom stereocenters. The Morgan fingerprint density at radius 2 is 1.38 bits per heavy atom. The van der Waals surface area contributed by atoms with Crippen LogP contribution >= 0.6 is 0 Å². The van der Waals surface area contributed by atoms with Gasteiger partial charge in [0, 0.05) is 25.9 Å². The normalized spacial score (nSPS) is 9.88. The van der Waals surface area contributed by atoms with Crippen molar-refractivity contribution in [1.82, 2.24) is 10.6 Å². The number of carbonyl (C=O) groups excluding carboxylic acids is 2. The van der Waals surface area contributed by atoms with Crippen molar-refractivity contribution in [3.8, 4) is 0 Å². The van der Waals surface area contributed by atoms with E-state index in [0.717, 1.165) is 25.8 Å². The minimum Gasteiger partial charge on any atom is -0.356 e. The molecule has 0 aromatic carbocycles. The van der Waals surface area contributed by atoms with E-state index < -0.39 is 0 Å². The third-order valence-electron chi connectivity index (χ3n) is 2.23. The van der Waals surface area contributed by atoms with Gasteiger partial charge in [-0.3, -0.25) is 9.59 Å². The number of unbranched alkanes of at least 4 members (excludes halogenated alkanes) is 1. The molecule has 0 unspecified atom stereocenters. The van der Waals surface area contributed by atoms with Crippen LogP contribution in [-0.2, 0) is 9.59 Å². The molecule has 0 radical (unpaired) electrons. The van der Waals surface area contributed by atoms with Crippen molar-refractivity contribution < 1.29 is 9.59 Å². The van der Waals surface area contributed by atoms with Crippen molar-refractivity contribution in [3.05, 3.63) is 0 Å². The van der Waals surface area contributed by atoms with Crippen LogP contribution in [0.5, 0.6) is 0 Å². The minimum atomic E-state index is 0.0777. The summed E-state index contributed by atoms with van der Waals surface area (Å²) in [6, 6.07) is 0. The van der Waals surface area contributed by atoms with Crippen LogP contribution in [0.2, 0.25) is 0 Å². The monoisotopic (exact) mass is 228 g/mol. The third-order valence-corrected chi connectivity index (χ3v) is 2.23. The number of hydrogen-bond donors (Lipinski definition) is 2. The lowest BCUT2D eigenvalue weighted by Crippen LogP contribution is -2.27. The summed E-state index contributed by atoms with van der Waals surface area (Å²) < 4.78 is 0. The lowest BCUT2D eigenvalue weighted by Gasteiger charge is -2.05. The molecule has 0 aromatic rings. The summed E-state index contributed by atoms with van der Waals surface area (Å²) >= 11 is 0. The van der Waals surface area contributed by atoms with Crippen molar-refractivity contribution >= 4 is 11.8 Å². The van der Waals surface area contributed by atoms with Crippen molar-refractivity contribution in [2.45, 2.75) is 52.4 Å². The van der Waals surface area contributed by atoms with Crippen molar-refractivity contribution in [3.63, 3.8) is 0 Å². The second kappa shape index (κ2) is 10.5. The molecule has 0 heterocycles. The summed E-state index contributed by atoms with van der Waals surface area (Å²) in [7, 11) is 0. The highest BCUT2D eigenvalue weighted by atomic mass is 16.2. The fourth-order valence-corrected chi connectivity index (χ4v) is 1.29. The number of amides is 2. The Bertz CT molecular complexity index is 205. The molecular formula is C12H24N2O2. The number of rotatable bonds is 9. The molecule has 2 N–H and O–H groups in total. The van der Waals surface area contributed by atoms with Gasteiger partial charge in [0.15, 0.2) is 0 Å². The Morgan fingerprint density at radius 1 is 0.812 bits per heavy atom. The summed E-state index contributed by atoms with van der Waals surface area (Å²) in [5, 5.41) is 5.63. The molecule has 16 heavy (non-hydrogen) atoms. The van der Waals surface area contributed by atoms with E-state index in [0.29, 0.717) is 25.8 Å². The van der Waals surface area contributed by atoms with E-state index in [1.54, 1.807) is 0 Å². The molecule has 0 bridgehead atoms. The largest absolute Gasteiger partial charge is 0.356 e. The maximum atomic E-state index is 11.3. The lowest BCUT2D eigenvalue weighted by molar-refractivity contribution is -0.123. The molecule has 0 aliphatic carbocycles. The molecule has 4 heteroatoms. The molecule has 0 saturated carbocycles. The van der Waals surface area contributed by atoms with Crippen LogP contribution in [0.1, 0.15) is 52.4 Å². The van der Waals surface area contributed by atoms with E-state index in [4.69, 9.17) is 0 Å². The van der Waals surface area contributed by atoms with Crippen LogP contribution in [0.15, 0.2) is 0 Å². The molecule has 4 nitrogen and oxygen atoms in total. The average molecular weight is 228 g/mol. The molecular weight excluding hydrogens is 204 g/mol. The quantitative estimate of drug-likeness (QED) is 0.589. The predicted molar refractivity (Wildman–Crippen MR) is 65.1 cm³/mol. The van der Waals surface area contributed by atoms with Gasteiger partial charge in [0.25, 0.3) is 0 Å². The standard InChI is InChI=1S/C12H24N2O2/c1-3-5-9-13-12(16)8-6-10-14-11(15)7-4-2/h3-10H2,1-2H3,(H,13,16)(H,14,15). The number of carbonyl (C=O) groups is 2. The maximum Gasteiger partial charge on any atom is 0.220 e. The zero-order chi connectivity index (χ0) is 12.2. The third kappa shape index (κ3) is 9.49. The van der Waals surface area contributed by atoms with Crippen LogP contribution in [0.4, 0.5) is 0 Å². The Kier molecular flexibility index (Phi) is 9.76. The summed E-state index contributed by atoms with van der Waals surface area (Å²) in [5.74, 6) is 0.159. The lowest BCUT2D eigenvalue weighted by atomic mass is 10.2. The van der Waals surface area contributed by atoms with Gasteiger partial charge in [0.2, 0.25) is 11.8 Å². The van der Waals surface area contributed by atoms with Gasteiger partial charge in [-0.15, -0.1) is 0 Å². The first-order chi connectivity index (χ1) is 7.70. The van der Waals surface area contributed by atoms with Crippen molar-refractivity contribution in [2.24, 2.45) is 0 Å². The van der Waals surface area contributed by atoms with Crippen LogP contribution in [-0.4, -0.2) is 24.9 Å². The predicted octanol–water partition coefficient (Wildman–Crippen LogP) is 1.60. The topological polar surface area (TPSA) is 58.2 Å². The zero-order valence-electron chi connectivity index (χ0n) is 10.5. The first kappa shape index (κ1) is 14.9. The first-order valence-corrected chi connectivity index (χ1v) is 6.24. The van der Waals surface area contributed by atoms with Gasteiger partial charge in [-0.25, -0.2) is 0 Å². The van der Waals surface area contributed by atoms with E-state index in [-0.39, 0.29) is 11.8 Å². The zero-order valence-corrected chi connectivity index (χ0v) is 10.5. The van der Waals surface area contributed by atoms with Crippen molar-refractivity contribution in [1.29, 1.82) is 0 Å². The smallest absolute Gasteiger partial charge is 0.220 e. The Hall–Kier alpha value is -1.06. The maximum absolute atomic E-state index is 11.3. The SMILES string of the molecule is CCCCNC(=O)CCCNC(=O)CCC. The second-order valence-corrected chi connectivity index (χ2v) is 3.91. The molecule has 0 saturated heterocycles. The van der Waals surface area contributed by atoms with Crippen LogP contribution in [0.25, 0.3) is 0 Å². The summed E-state index contributed by atoms with van der Waals surface area (Å²) in [6.45, 7) is 5.42. The molecule has 94 valence electrons. The Morgan fingerprint density at radius 3 is 1.94 bits per heavy atom. The Labute approximate surface area is 98.2 Å². The summed E-state index contributed by atoms with van der Waals surface area (Å²) in [4.78, 5) is 22.4. The first-order valence-electron chi connectivity index (χ1n) is 6.24. The number of hydrogen-bond acceptors (Lipinski definition) is 2. The molecule has 0 aliphatic heterocycles. The van der Waals surface area contributed by atoms with Gasteiger partial charge in [-0.1, -0.05) is 20.3 Å². The molecule has 0 fully saturated rings. The average Bonchev–Trinajstić information content (AvgIpc) is 2.25. The van der Waals surface area contributed by atoms with Gasteiger partial charge in [-0.2, -0.15) is 0 Å². The van der Waals surface area contributed by atoms with Crippen LogP contribution < -0.4 is 10.6 Å². The van der Waals surface area contributed by atoms with Gasteiger partial charge >= 0.3 is 0 Å². The Balaban J connectivity index is 3.30. The van der Waals surface area contributed by atoms with Gasteiger partial charge in [0.05, 0.1) is 0 Å². The van der Waals surface area contributed by atoms with E-state index in [2.05, 4.69) is 17.6 Å². The number of nitrogens with one attached hydrogen (secondary N) is 2. The van der Waals surface area contributed by atoms with Crippen LogP contribution in [0, 0.1) is 0 Å². The van der Waals surface area contributed by atoms with E-state index in [1.807, 2.05) is 6.92 Å². The second-order valence-electron chi connectivity index (χ2n) is 3.91. The van der Waals surface area contributed by atoms with Gasteiger partial charge < -0.3 is 10.6 Å². The van der Waals surface area contributed by atoms with Gasteiger partial charge in [-0.05, 0) is 19.3 Å². The fourth-order valence-electron chi connectivity index (χ4n) is 1.29. The van der Waals surface area contributed by atoms with E-state index >= 15 is 0 Å². The highest BCUT2D eigenvalue weighted by Crippen LogP contribution is 1.90. The molecule has 0 rings (SSSR count). The summed E-state index contributed by atoms with van der Waals surface area (Å²) in [6.07, 6.45) is 4.77. The molecule has 2 amide bonds. The van der Waals surface area contributed by atoms with Crippen LogP contribution in [0.3, 0.4) is 0 Å². The summed E-state index contributed by atoms with van der Waals surface area (Å²) in [5.41, 5.74) is 0. The van der Waals surface area contributed by atoms with Crippen molar-refractivity contribution in [2.75, 3.05) is 13.1 Å². The highest BCUT2D eigenvalue weighted by molar-refractivity contribution is 5.76. The molecule has 0 aliphatic rings. The van der Waals surface area contributed by atoms with E-state index in [9.17, 15) is 9.59 Å². The fraction of sp³-hybridized carbons (Fsp3) is 0.833. The van der Waals surface area contributed by atoms with Gasteiger partial charge in [0.1, 0.15) is 0 Å². The highest BCUT2D eigenvalue weighted by Gasteiger charge is 2.01. The minimum absolute atomic E-state index is 0.0777. The molecule has 0 aromatic heterocycles.